The number of hydrogen-bond acceptors (Lipinski definition) is 3. The number of nitrogens with zero attached hydrogens (tertiary/aromatic N) is 2. The van der Waals surface area contributed by atoms with Gasteiger partial charge >= 0.3 is 6.03 Å². The van der Waals surface area contributed by atoms with Gasteiger partial charge in [0, 0.05) is 18.9 Å². The van der Waals surface area contributed by atoms with Crippen molar-refractivity contribution < 1.29 is 4.79 Å². The van der Waals surface area contributed by atoms with E-state index in [1.807, 2.05) is 12.1 Å². The van der Waals surface area contributed by atoms with E-state index in [4.69, 9.17) is 0 Å². The molecule has 0 fully saturated rings. The highest BCUT2D eigenvalue weighted by molar-refractivity contribution is 5.87. The minimum absolute atomic E-state index is 0.292. The van der Waals surface area contributed by atoms with Crippen LogP contribution in [0.15, 0.2) is 42.7 Å². The minimum Gasteiger partial charge on any atom is -0.337 e. The fourth-order valence-electron chi connectivity index (χ4n) is 1.71. The van der Waals surface area contributed by atoms with E-state index in [2.05, 4.69) is 39.7 Å². The molecule has 0 aliphatic rings. The molecule has 0 bridgehead atoms. The Morgan fingerprint density at radius 1 is 1.16 bits per heavy atom. The molecule has 0 aliphatic carbocycles. The molecule has 1 heterocycles. The number of carbonyl (C=O) groups excluding carboxylic acids is 1. The van der Waals surface area contributed by atoms with Gasteiger partial charge in [-0.25, -0.2) is 14.8 Å². The number of benzene rings is 1. The molecular formula is C14H16N4O. The summed E-state index contributed by atoms with van der Waals surface area (Å²) in [6, 6.07) is 9.54. The monoisotopic (exact) mass is 256 g/mol. The van der Waals surface area contributed by atoms with Crippen LogP contribution in [0.1, 0.15) is 11.1 Å². The van der Waals surface area contributed by atoms with E-state index in [0.717, 1.165) is 6.42 Å². The second-order valence-electron chi connectivity index (χ2n) is 4.13. The van der Waals surface area contributed by atoms with Crippen LogP contribution in [-0.2, 0) is 6.42 Å². The summed E-state index contributed by atoms with van der Waals surface area (Å²) >= 11 is 0. The van der Waals surface area contributed by atoms with Crippen molar-refractivity contribution in [3.63, 3.8) is 0 Å². The molecule has 0 atom stereocenters. The summed E-state index contributed by atoms with van der Waals surface area (Å²) in [6.07, 6.45) is 3.96. The molecule has 5 nitrogen and oxygen atoms in total. The third kappa shape index (κ3) is 4.06. The number of carbonyl (C=O) groups is 1. The lowest BCUT2D eigenvalue weighted by Gasteiger charge is -2.07. The average molecular weight is 256 g/mol. The topological polar surface area (TPSA) is 66.9 Å². The maximum absolute atomic E-state index is 11.6. The van der Waals surface area contributed by atoms with Gasteiger partial charge in [-0.15, -0.1) is 0 Å². The molecule has 0 radical (unpaired) electrons. The summed E-state index contributed by atoms with van der Waals surface area (Å²) in [6.45, 7) is 2.64. The number of aryl methyl sites for hydroxylation is 1. The summed E-state index contributed by atoms with van der Waals surface area (Å²) in [5.74, 6) is 0.302. The van der Waals surface area contributed by atoms with Gasteiger partial charge in [-0.05, 0) is 30.5 Å². The van der Waals surface area contributed by atoms with Crippen molar-refractivity contribution in [2.75, 3.05) is 11.9 Å². The van der Waals surface area contributed by atoms with E-state index in [-0.39, 0.29) is 6.03 Å². The highest BCUT2D eigenvalue weighted by Gasteiger charge is 2.03. The van der Waals surface area contributed by atoms with Gasteiger partial charge in [-0.3, -0.25) is 5.32 Å². The van der Waals surface area contributed by atoms with Crippen LogP contribution in [0, 0.1) is 6.92 Å². The maximum Gasteiger partial charge on any atom is 0.321 e. The van der Waals surface area contributed by atoms with Gasteiger partial charge in [0.05, 0.1) is 0 Å². The molecule has 98 valence electrons. The Balaban J connectivity index is 1.77. The van der Waals surface area contributed by atoms with Crippen LogP contribution in [0.3, 0.4) is 0 Å². The first-order valence-electron chi connectivity index (χ1n) is 6.12. The fraction of sp³-hybridized carbons (Fsp3) is 0.214. The standard InChI is InChI=1S/C14H16N4O/c1-11-5-2-3-6-12(11)7-10-17-14(19)18-13-15-8-4-9-16-13/h2-6,8-9H,7,10H2,1H3,(H2,15,16,17,18,19). The van der Waals surface area contributed by atoms with Gasteiger partial charge in [0.25, 0.3) is 0 Å². The van der Waals surface area contributed by atoms with E-state index in [0.29, 0.717) is 12.5 Å². The summed E-state index contributed by atoms with van der Waals surface area (Å²) in [4.78, 5) is 19.4. The summed E-state index contributed by atoms with van der Waals surface area (Å²) in [5, 5.41) is 5.35. The molecular weight excluding hydrogens is 240 g/mol. The van der Waals surface area contributed by atoms with E-state index in [9.17, 15) is 4.79 Å². The molecule has 0 saturated carbocycles. The molecule has 2 N–H and O–H groups in total. The van der Waals surface area contributed by atoms with Gasteiger partial charge in [-0.1, -0.05) is 24.3 Å². The molecule has 0 aliphatic heterocycles. The number of nitrogens with one attached hydrogen (secondary N) is 2. The Labute approximate surface area is 112 Å². The number of rotatable bonds is 4. The lowest BCUT2D eigenvalue weighted by molar-refractivity contribution is 0.252. The van der Waals surface area contributed by atoms with Crippen LogP contribution in [0.2, 0.25) is 0 Å². The molecule has 2 rings (SSSR count). The number of amides is 2. The highest BCUT2D eigenvalue weighted by atomic mass is 16.2. The van der Waals surface area contributed by atoms with Crippen molar-refractivity contribution in [1.29, 1.82) is 0 Å². The highest BCUT2D eigenvalue weighted by Crippen LogP contribution is 2.06. The third-order valence-corrected chi connectivity index (χ3v) is 2.73. The van der Waals surface area contributed by atoms with Crippen molar-refractivity contribution in [3.05, 3.63) is 53.9 Å². The zero-order chi connectivity index (χ0) is 13.5. The second-order valence-corrected chi connectivity index (χ2v) is 4.13. The molecule has 1 aromatic heterocycles. The van der Waals surface area contributed by atoms with E-state index >= 15 is 0 Å². The molecule has 0 saturated heterocycles. The fourth-order valence-corrected chi connectivity index (χ4v) is 1.71. The van der Waals surface area contributed by atoms with E-state index in [1.165, 1.54) is 11.1 Å². The normalized spacial score (nSPS) is 9.95. The van der Waals surface area contributed by atoms with Gasteiger partial charge < -0.3 is 5.32 Å². The molecule has 19 heavy (non-hydrogen) atoms. The summed E-state index contributed by atoms with van der Waals surface area (Å²) in [7, 11) is 0. The molecule has 2 aromatic rings. The third-order valence-electron chi connectivity index (χ3n) is 2.73. The summed E-state index contributed by atoms with van der Waals surface area (Å²) < 4.78 is 0. The van der Waals surface area contributed by atoms with Crippen LogP contribution in [0.25, 0.3) is 0 Å². The molecule has 5 heteroatoms. The SMILES string of the molecule is Cc1ccccc1CCNC(=O)Nc1ncccn1. The molecule has 2 amide bonds. The predicted octanol–water partition coefficient (Wildman–Crippen LogP) is 2.15. The second kappa shape index (κ2) is 6.49. The lowest BCUT2D eigenvalue weighted by Crippen LogP contribution is -2.31. The summed E-state index contributed by atoms with van der Waals surface area (Å²) in [5.41, 5.74) is 2.47. The Morgan fingerprint density at radius 3 is 2.63 bits per heavy atom. The van der Waals surface area contributed by atoms with E-state index in [1.54, 1.807) is 18.5 Å². The van der Waals surface area contributed by atoms with Crippen LogP contribution in [0.4, 0.5) is 10.7 Å². The largest absolute Gasteiger partial charge is 0.337 e. The number of urea groups is 1. The van der Waals surface area contributed by atoms with Crippen molar-refractivity contribution in [3.8, 4) is 0 Å². The van der Waals surface area contributed by atoms with Gasteiger partial charge in [-0.2, -0.15) is 0 Å². The van der Waals surface area contributed by atoms with E-state index < -0.39 is 0 Å². The van der Waals surface area contributed by atoms with Crippen molar-refractivity contribution in [2.24, 2.45) is 0 Å². The van der Waals surface area contributed by atoms with Crippen LogP contribution >= 0.6 is 0 Å². The van der Waals surface area contributed by atoms with Crippen LogP contribution in [-0.4, -0.2) is 22.5 Å². The van der Waals surface area contributed by atoms with Gasteiger partial charge in [0.15, 0.2) is 0 Å². The van der Waals surface area contributed by atoms with Crippen molar-refractivity contribution >= 4 is 12.0 Å². The molecule has 1 aromatic carbocycles. The zero-order valence-corrected chi connectivity index (χ0v) is 10.8. The van der Waals surface area contributed by atoms with Crippen molar-refractivity contribution in [1.82, 2.24) is 15.3 Å². The van der Waals surface area contributed by atoms with Crippen molar-refractivity contribution in [2.45, 2.75) is 13.3 Å². The Bertz CT molecular complexity index is 542. The Morgan fingerprint density at radius 2 is 1.89 bits per heavy atom. The Hall–Kier alpha value is -2.43. The smallest absolute Gasteiger partial charge is 0.321 e. The lowest BCUT2D eigenvalue weighted by atomic mass is 10.1. The first-order valence-corrected chi connectivity index (χ1v) is 6.12. The number of anilines is 1. The maximum atomic E-state index is 11.6. The van der Waals surface area contributed by atoms with Crippen LogP contribution in [0.5, 0.6) is 0 Å². The molecule has 0 unspecified atom stereocenters. The van der Waals surface area contributed by atoms with Gasteiger partial charge in [0.2, 0.25) is 5.95 Å². The Kier molecular flexibility index (Phi) is 4.44. The zero-order valence-electron chi connectivity index (χ0n) is 10.8. The quantitative estimate of drug-likeness (QED) is 0.880. The van der Waals surface area contributed by atoms with Gasteiger partial charge in [0.1, 0.15) is 0 Å². The first-order chi connectivity index (χ1) is 9.25. The average Bonchev–Trinajstić information content (AvgIpc) is 2.42. The first kappa shape index (κ1) is 13.0. The minimum atomic E-state index is -0.292. The number of aromatic nitrogens is 2. The van der Waals surface area contributed by atoms with Crippen LogP contribution < -0.4 is 10.6 Å². The predicted molar refractivity (Wildman–Crippen MR) is 73.9 cm³/mol. The number of hydrogen-bond donors (Lipinski definition) is 2. The molecule has 0 spiro atoms.